The minimum Gasteiger partial charge on any atom is -0.473 e. The van der Waals surface area contributed by atoms with Crippen LogP contribution >= 0.6 is 0 Å². The van der Waals surface area contributed by atoms with Gasteiger partial charge in [0.05, 0.1) is 11.8 Å². The van der Waals surface area contributed by atoms with Crippen molar-refractivity contribution in [1.29, 1.82) is 0 Å². The molecule has 3 aromatic carbocycles. The Morgan fingerprint density at radius 2 is 1.70 bits per heavy atom. The molecule has 4 aromatic rings. The first-order valence-corrected chi connectivity index (χ1v) is 15.5. The summed E-state index contributed by atoms with van der Waals surface area (Å²) in [5.74, 6) is 1.59. The van der Waals surface area contributed by atoms with Gasteiger partial charge in [-0.25, -0.2) is 4.99 Å². The summed E-state index contributed by atoms with van der Waals surface area (Å²) < 4.78 is 15.1. The number of ether oxygens (including phenoxy) is 1. The van der Waals surface area contributed by atoms with Crippen molar-refractivity contribution < 1.29 is 13.7 Å². The maximum Gasteiger partial charge on any atom is 0.374 e. The molecule has 0 bridgehead atoms. The molecule has 1 aromatic heterocycles. The Morgan fingerprint density at radius 1 is 0.930 bits per heavy atom. The van der Waals surface area contributed by atoms with Crippen molar-refractivity contribution in [3.05, 3.63) is 143 Å². The van der Waals surface area contributed by atoms with Gasteiger partial charge in [0.15, 0.2) is 0 Å². The molecule has 0 atom stereocenters. The van der Waals surface area contributed by atoms with Crippen LogP contribution in [0.1, 0.15) is 57.9 Å². The Labute approximate surface area is 254 Å². The number of hydrogen-bond acceptors (Lipinski definition) is 3. The maximum atomic E-state index is 6.45. The van der Waals surface area contributed by atoms with Crippen LogP contribution in [0.15, 0.2) is 141 Å². The lowest BCUT2D eigenvalue weighted by atomic mass is 9.94. The van der Waals surface area contributed by atoms with E-state index in [2.05, 4.69) is 122 Å². The first-order valence-electron chi connectivity index (χ1n) is 15.5. The summed E-state index contributed by atoms with van der Waals surface area (Å²) in [7, 11) is 0. The molecule has 0 N–H and O–H groups in total. The fourth-order valence-corrected chi connectivity index (χ4v) is 5.79. The SMILES string of the molecule is CCC(=Cc1oc2ccc(-c3ccccc3)cc2[n+]1CC)C=C1C(c2ccccc2)=NC(OCC2=CC=CCC2)=C1CC. The molecule has 216 valence electrons. The topological polar surface area (TPSA) is 38.6 Å². The normalized spacial score (nSPS) is 16.3. The van der Waals surface area contributed by atoms with Gasteiger partial charge in [-0.05, 0) is 67.0 Å². The molecule has 2 aliphatic rings. The molecule has 2 heterocycles. The quantitative estimate of drug-likeness (QED) is 0.179. The average Bonchev–Trinajstić information content (AvgIpc) is 3.60. The standard InChI is InChI=1S/C39H39N2O2/c1-4-28(25-37-41(6-3)35-26-32(22-23-36(35)43-37)30-18-12-8-13-19-30)24-34-33(5-2)39(42-27-29-16-10-7-11-17-29)40-38(34)31-20-14-9-15-21-31/h7-10,12-16,18-26H,4-6,11,17,27H2,1-3H3/q+1. The van der Waals surface area contributed by atoms with Crippen LogP contribution in [0.4, 0.5) is 0 Å². The Balaban J connectivity index is 1.40. The second kappa shape index (κ2) is 13.1. The smallest absolute Gasteiger partial charge is 0.374 e. The van der Waals surface area contributed by atoms with Crippen molar-refractivity contribution in [3.8, 4) is 11.1 Å². The van der Waals surface area contributed by atoms with Gasteiger partial charge >= 0.3 is 5.89 Å². The van der Waals surface area contributed by atoms with Crippen molar-refractivity contribution in [2.45, 2.75) is 53.0 Å². The van der Waals surface area contributed by atoms with Gasteiger partial charge in [0.25, 0.3) is 5.52 Å². The van der Waals surface area contributed by atoms with E-state index in [-0.39, 0.29) is 0 Å². The van der Waals surface area contributed by atoms with Crippen LogP contribution in [-0.2, 0) is 11.3 Å². The largest absolute Gasteiger partial charge is 0.473 e. The third-order valence-electron chi connectivity index (χ3n) is 8.15. The van der Waals surface area contributed by atoms with Crippen LogP contribution < -0.4 is 4.57 Å². The molecule has 0 amide bonds. The van der Waals surface area contributed by atoms with E-state index in [1.807, 2.05) is 12.1 Å². The zero-order valence-corrected chi connectivity index (χ0v) is 25.3. The molecule has 0 fully saturated rings. The van der Waals surface area contributed by atoms with Gasteiger partial charge in [-0.15, -0.1) is 0 Å². The van der Waals surface area contributed by atoms with E-state index in [1.54, 1.807) is 0 Å². The van der Waals surface area contributed by atoms with Gasteiger partial charge in [0, 0.05) is 22.8 Å². The molecule has 1 aliphatic heterocycles. The molecule has 0 saturated carbocycles. The summed E-state index contributed by atoms with van der Waals surface area (Å²) in [6, 6.07) is 27.4. The predicted molar refractivity (Wildman–Crippen MR) is 177 cm³/mol. The van der Waals surface area contributed by atoms with E-state index in [4.69, 9.17) is 14.1 Å². The zero-order chi connectivity index (χ0) is 29.6. The highest BCUT2D eigenvalue weighted by molar-refractivity contribution is 6.17. The summed E-state index contributed by atoms with van der Waals surface area (Å²) in [5, 5.41) is 0. The predicted octanol–water partition coefficient (Wildman–Crippen LogP) is 9.54. The molecule has 43 heavy (non-hydrogen) atoms. The van der Waals surface area contributed by atoms with Crippen LogP contribution in [-0.4, -0.2) is 12.3 Å². The Morgan fingerprint density at radius 3 is 2.37 bits per heavy atom. The minimum absolute atomic E-state index is 0.568. The zero-order valence-electron chi connectivity index (χ0n) is 25.3. The Kier molecular flexibility index (Phi) is 8.65. The highest BCUT2D eigenvalue weighted by Crippen LogP contribution is 2.34. The van der Waals surface area contributed by atoms with Gasteiger partial charge in [-0.1, -0.05) is 98.8 Å². The molecule has 6 rings (SSSR count). The molecule has 4 nitrogen and oxygen atoms in total. The van der Waals surface area contributed by atoms with Gasteiger partial charge in [-0.2, -0.15) is 4.57 Å². The van der Waals surface area contributed by atoms with Crippen LogP contribution in [0.5, 0.6) is 0 Å². The molecular weight excluding hydrogens is 528 g/mol. The summed E-state index contributed by atoms with van der Waals surface area (Å²) in [6.07, 6.45) is 14.8. The van der Waals surface area contributed by atoms with Crippen LogP contribution in [0.25, 0.3) is 28.3 Å². The van der Waals surface area contributed by atoms with Crippen molar-refractivity contribution in [3.63, 3.8) is 0 Å². The number of fused-ring (bicyclic) bond motifs is 1. The van der Waals surface area contributed by atoms with Gasteiger partial charge in [0.1, 0.15) is 13.2 Å². The first kappa shape index (κ1) is 28.4. The molecule has 4 heteroatoms. The van der Waals surface area contributed by atoms with E-state index in [9.17, 15) is 0 Å². The van der Waals surface area contributed by atoms with Gasteiger partial charge in [0.2, 0.25) is 11.5 Å². The Hall–Kier alpha value is -4.70. The van der Waals surface area contributed by atoms with Crippen molar-refractivity contribution >= 4 is 22.9 Å². The molecule has 0 saturated heterocycles. The lowest BCUT2D eigenvalue weighted by molar-refractivity contribution is -0.674. The fourth-order valence-electron chi connectivity index (χ4n) is 5.79. The summed E-state index contributed by atoms with van der Waals surface area (Å²) >= 11 is 0. The number of rotatable bonds is 10. The third kappa shape index (κ3) is 6.10. The van der Waals surface area contributed by atoms with E-state index in [0.29, 0.717) is 6.61 Å². The molecule has 0 unspecified atom stereocenters. The van der Waals surface area contributed by atoms with Gasteiger partial charge < -0.3 is 9.15 Å². The number of aryl methyl sites for hydroxylation is 1. The monoisotopic (exact) mass is 567 g/mol. The number of hydrogen-bond donors (Lipinski definition) is 0. The average molecular weight is 568 g/mol. The minimum atomic E-state index is 0.568. The summed E-state index contributed by atoms with van der Waals surface area (Å²) in [4.78, 5) is 5.08. The molecular formula is C39H39N2O2+. The fraction of sp³-hybridized carbons (Fsp3) is 0.231. The van der Waals surface area contributed by atoms with E-state index < -0.39 is 0 Å². The molecule has 0 radical (unpaired) electrons. The molecule has 1 aliphatic carbocycles. The van der Waals surface area contributed by atoms with Crippen molar-refractivity contribution in [2.24, 2.45) is 4.99 Å². The van der Waals surface area contributed by atoms with Crippen LogP contribution in [0, 0.1) is 0 Å². The van der Waals surface area contributed by atoms with Gasteiger partial charge in [-0.3, -0.25) is 0 Å². The number of nitrogens with zero attached hydrogens (tertiary/aromatic N) is 2. The lowest BCUT2D eigenvalue weighted by Crippen LogP contribution is -2.33. The number of oxazole rings is 1. The first-order chi connectivity index (χ1) is 21.2. The molecule has 0 spiro atoms. The maximum absolute atomic E-state index is 6.45. The van der Waals surface area contributed by atoms with Crippen molar-refractivity contribution in [2.75, 3.05) is 6.61 Å². The number of benzene rings is 3. The number of allylic oxidation sites excluding steroid dienone is 7. The second-order valence-corrected chi connectivity index (χ2v) is 10.9. The highest BCUT2D eigenvalue weighted by Gasteiger charge is 2.27. The Bertz CT molecular complexity index is 1800. The van der Waals surface area contributed by atoms with Crippen LogP contribution in [0.3, 0.4) is 0 Å². The summed E-state index contributed by atoms with van der Waals surface area (Å²) in [5.41, 5.74) is 11.2. The lowest BCUT2D eigenvalue weighted by Gasteiger charge is -2.12. The second-order valence-electron chi connectivity index (χ2n) is 10.9. The van der Waals surface area contributed by atoms with E-state index in [0.717, 1.165) is 77.5 Å². The summed E-state index contributed by atoms with van der Waals surface area (Å²) in [6.45, 7) is 7.92. The number of aromatic nitrogens is 1. The van der Waals surface area contributed by atoms with E-state index >= 15 is 0 Å². The van der Waals surface area contributed by atoms with Crippen LogP contribution in [0.2, 0.25) is 0 Å². The number of aliphatic imine (C=N–C) groups is 1. The van der Waals surface area contributed by atoms with Crippen molar-refractivity contribution in [1.82, 2.24) is 0 Å². The van der Waals surface area contributed by atoms with E-state index in [1.165, 1.54) is 22.3 Å². The highest BCUT2D eigenvalue weighted by atomic mass is 16.5. The third-order valence-corrected chi connectivity index (χ3v) is 8.15.